The Bertz CT molecular complexity index is 515. The molecule has 1 N–H and O–H groups in total. The van der Waals surface area contributed by atoms with Crippen LogP contribution in [-0.4, -0.2) is 24.9 Å². The summed E-state index contributed by atoms with van der Waals surface area (Å²) in [5.41, 5.74) is 0.887. The molecule has 0 aromatic heterocycles. The number of nitrogens with one attached hydrogen (secondary N) is 1. The number of hydrogen-bond donors (Lipinski definition) is 1. The van der Waals surface area contributed by atoms with Crippen molar-refractivity contribution in [2.24, 2.45) is 5.92 Å². The van der Waals surface area contributed by atoms with Crippen LogP contribution in [0.3, 0.4) is 0 Å². The fraction of sp³-hybridized carbons (Fsp3) is 0.579. The van der Waals surface area contributed by atoms with Gasteiger partial charge in [-0.1, -0.05) is 38.0 Å². The minimum atomic E-state index is 0.0510. The first-order chi connectivity index (χ1) is 11.1. The standard InChI is InChI=1S/C19H28N2O2/c1-15-9-6-7-12-17(15)20-18(22)13-8-14-19(23)21(2)16-10-4-3-5-11-16/h3-5,10-11,15,17H,6-9,12-14H2,1-2H3,(H,20,22). The third-order valence-electron chi connectivity index (χ3n) is 4.77. The molecule has 1 fully saturated rings. The van der Waals surface area contributed by atoms with Gasteiger partial charge in [0.05, 0.1) is 0 Å². The summed E-state index contributed by atoms with van der Waals surface area (Å²) in [6.45, 7) is 2.21. The fourth-order valence-electron chi connectivity index (χ4n) is 3.17. The Morgan fingerprint density at radius 2 is 1.83 bits per heavy atom. The number of benzene rings is 1. The predicted molar refractivity (Wildman–Crippen MR) is 93.3 cm³/mol. The van der Waals surface area contributed by atoms with E-state index in [1.165, 1.54) is 19.3 Å². The van der Waals surface area contributed by atoms with Gasteiger partial charge in [-0.3, -0.25) is 9.59 Å². The van der Waals surface area contributed by atoms with Crippen molar-refractivity contribution in [2.45, 2.75) is 57.9 Å². The molecule has 1 aromatic carbocycles. The lowest BCUT2D eigenvalue weighted by Gasteiger charge is -2.29. The van der Waals surface area contributed by atoms with Crippen LogP contribution in [0.2, 0.25) is 0 Å². The van der Waals surface area contributed by atoms with Gasteiger partial charge in [0.15, 0.2) is 0 Å². The molecule has 0 spiro atoms. The monoisotopic (exact) mass is 316 g/mol. The van der Waals surface area contributed by atoms with Gasteiger partial charge in [0.2, 0.25) is 11.8 Å². The molecule has 0 aliphatic heterocycles. The second-order valence-corrected chi connectivity index (χ2v) is 6.58. The van der Waals surface area contributed by atoms with E-state index in [0.29, 0.717) is 31.2 Å². The van der Waals surface area contributed by atoms with Crippen molar-refractivity contribution < 1.29 is 9.59 Å². The summed E-state index contributed by atoms with van der Waals surface area (Å²) in [5, 5.41) is 3.14. The van der Waals surface area contributed by atoms with Crippen molar-refractivity contribution in [1.82, 2.24) is 5.32 Å². The third kappa shape index (κ3) is 5.38. The summed E-state index contributed by atoms with van der Waals surface area (Å²) in [5.74, 6) is 0.701. The van der Waals surface area contributed by atoms with Crippen LogP contribution in [0.1, 0.15) is 51.9 Å². The smallest absolute Gasteiger partial charge is 0.226 e. The fourth-order valence-corrected chi connectivity index (χ4v) is 3.17. The molecule has 1 saturated carbocycles. The van der Waals surface area contributed by atoms with Gasteiger partial charge in [0.1, 0.15) is 0 Å². The van der Waals surface area contributed by atoms with Crippen LogP contribution in [0.25, 0.3) is 0 Å². The maximum absolute atomic E-state index is 12.2. The zero-order valence-corrected chi connectivity index (χ0v) is 14.3. The third-order valence-corrected chi connectivity index (χ3v) is 4.77. The number of hydrogen-bond acceptors (Lipinski definition) is 2. The quantitative estimate of drug-likeness (QED) is 0.873. The SMILES string of the molecule is CC1CCCCC1NC(=O)CCCC(=O)N(C)c1ccccc1. The summed E-state index contributed by atoms with van der Waals surface area (Å²) in [4.78, 5) is 25.9. The molecule has 0 saturated heterocycles. The van der Waals surface area contributed by atoms with E-state index in [2.05, 4.69) is 12.2 Å². The number of amides is 2. The van der Waals surface area contributed by atoms with E-state index in [4.69, 9.17) is 0 Å². The van der Waals surface area contributed by atoms with Crippen LogP contribution >= 0.6 is 0 Å². The van der Waals surface area contributed by atoms with Gasteiger partial charge >= 0.3 is 0 Å². The van der Waals surface area contributed by atoms with Crippen molar-refractivity contribution in [1.29, 1.82) is 0 Å². The Kier molecular flexibility index (Phi) is 6.63. The van der Waals surface area contributed by atoms with E-state index in [9.17, 15) is 9.59 Å². The largest absolute Gasteiger partial charge is 0.353 e. The van der Waals surface area contributed by atoms with Gasteiger partial charge in [0, 0.05) is 31.6 Å². The minimum Gasteiger partial charge on any atom is -0.353 e. The van der Waals surface area contributed by atoms with Crippen molar-refractivity contribution in [3.05, 3.63) is 30.3 Å². The van der Waals surface area contributed by atoms with Crippen LogP contribution in [0.5, 0.6) is 0 Å². The molecule has 23 heavy (non-hydrogen) atoms. The molecule has 2 atom stereocenters. The van der Waals surface area contributed by atoms with Gasteiger partial charge in [0.25, 0.3) is 0 Å². The molecule has 4 heteroatoms. The first-order valence-corrected chi connectivity index (χ1v) is 8.69. The van der Waals surface area contributed by atoms with E-state index >= 15 is 0 Å². The van der Waals surface area contributed by atoms with Crippen LogP contribution in [0, 0.1) is 5.92 Å². The molecule has 2 amide bonds. The topological polar surface area (TPSA) is 49.4 Å². The van der Waals surface area contributed by atoms with E-state index in [1.54, 1.807) is 11.9 Å². The summed E-state index contributed by atoms with van der Waals surface area (Å²) in [6, 6.07) is 9.90. The molecule has 0 radical (unpaired) electrons. The molecular formula is C19H28N2O2. The highest BCUT2D eigenvalue weighted by Crippen LogP contribution is 2.23. The average molecular weight is 316 g/mol. The number of carbonyl (C=O) groups is 2. The molecule has 0 bridgehead atoms. The first-order valence-electron chi connectivity index (χ1n) is 8.69. The zero-order valence-electron chi connectivity index (χ0n) is 14.3. The number of rotatable bonds is 6. The van der Waals surface area contributed by atoms with Crippen LogP contribution in [-0.2, 0) is 9.59 Å². The number of para-hydroxylation sites is 1. The summed E-state index contributed by atoms with van der Waals surface area (Å²) in [6.07, 6.45) is 6.19. The molecule has 4 nitrogen and oxygen atoms in total. The van der Waals surface area contributed by atoms with Crippen LogP contribution in [0.15, 0.2) is 30.3 Å². The second-order valence-electron chi connectivity index (χ2n) is 6.58. The lowest BCUT2D eigenvalue weighted by molar-refractivity contribution is -0.122. The van der Waals surface area contributed by atoms with Gasteiger partial charge < -0.3 is 10.2 Å². The van der Waals surface area contributed by atoms with E-state index < -0.39 is 0 Å². The summed E-state index contributed by atoms with van der Waals surface area (Å²) >= 11 is 0. The Labute approximate surface area is 139 Å². The zero-order chi connectivity index (χ0) is 16.7. The lowest BCUT2D eigenvalue weighted by atomic mass is 9.86. The van der Waals surface area contributed by atoms with Crippen molar-refractivity contribution in [2.75, 3.05) is 11.9 Å². The van der Waals surface area contributed by atoms with Crippen molar-refractivity contribution in [3.8, 4) is 0 Å². The Morgan fingerprint density at radius 3 is 2.52 bits per heavy atom. The first kappa shape index (κ1) is 17.5. The molecule has 1 aliphatic carbocycles. The average Bonchev–Trinajstić information content (AvgIpc) is 2.57. The minimum absolute atomic E-state index is 0.0510. The molecule has 2 rings (SSSR count). The second kappa shape index (κ2) is 8.70. The number of carbonyl (C=O) groups excluding carboxylic acids is 2. The lowest BCUT2D eigenvalue weighted by Crippen LogP contribution is -2.41. The number of anilines is 1. The normalized spacial score (nSPS) is 20.8. The van der Waals surface area contributed by atoms with Crippen LogP contribution in [0.4, 0.5) is 5.69 Å². The van der Waals surface area contributed by atoms with Crippen molar-refractivity contribution in [3.63, 3.8) is 0 Å². The van der Waals surface area contributed by atoms with Crippen LogP contribution < -0.4 is 10.2 Å². The van der Waals surface area contributed by atoms with Gasteiger partial charge in [-0.2, -0.15) is 0 Å². The Morgan fingerprint density at radius 1 is 1.13 bits per heavy atom. The van der Waals surface area contributed by atoms with Crippen molar-refractivity contribution >= 4 is 17.5 Å². The Balaban J connectivity index is 1.69. The van der Waals surface area contributed by atoms with E-state index in [-0.39, 0.29) is 11.8 Å². The molecule has 1 aliphatic rings. The van der Waals surface area contributed by atoms with Gasteiger partial charge in [-0.05, 0) is 37.3 Å². The molecule has 126 valence electrons. The Hall–Kier alpha value is -1.84. The van der Waals surface area contributed by atoms with Gasteiger partial charge in [-0.15, -0.1) is 0 Å². The summed E-state index contributed by atoms with van der Waals surface area (Å²) in [7, 11) is 1.78. The predicted octanol–water partition coefficient (Wildman–Crippen LogP) is 3.51. The molecule has 0 heterocycles. The highest BCUT2D eigenvalue weighted by Gasteiger charge is 2.22. The highest BCUT2D eigenvalue weighted by atomic mass is 16.2. The molecular weight excluding hydrogens is 288 g/mol. The van der Waals surface area contributed by atoms with E-state index in [1.807, 2.05) is 30.3 Å². The maximum Gasteiger partial charge on any atom is 0.226 e. The number of nitrogens with zero attached hydrogens (tertiary/aromatic N) is 1. The summed E-state index contributed by atoms with van der Waals surface area (Å²) < 4.78 is 0. The maximum atomic E-state index is 12.2. The molecule has 2 unspecified atom stereocenters. The van der Waals surface area contributed by atoms with E-state index in [0.717, 1.165) is 12.1 Å². The van der Waals surface area contributed by atoms with Gasteiger partial charge in [-0.25, -0.2) is 0 Å². The highest BCUT2D eigenvalue weighted by molar-refractivity contribution is 5.92. The molecule has 1 aromatic rings.